The van der Waals surface area contributed by atoms with Gasteiger partial charge in [-0.05, 0) is 81.0 Å². The van der Waals surface area contributed by atoms with Gasteiger partial charge in [-0.15, -0.1) is 0 Å². The van der Waals surface area contributed by atoms with Gasteiger partial charge in [0.1, 0.15) is 5.60 Å². The molecule has 4 N–H and O–H groups in total. The maximum atomic E-state index is 12.3. The molecule has 0 bridgehead atoms. The fourth-order valence-corrected chi connectivity index (χ4v) is 7.84. The summed E-state index contributed by atoms with van der Waals surface area (Å²) in [6.07, 6.45) is 2.90. The molecule has 0 heterocycles. The second-order valence-electron chi connectivity index (χ2n) is 10.2. The summed E-state index contributed by atoms with van der Waals surface area (Å²) in [7, 11) is 0. The van der Waals surface area contributed by atoms with Crippen LogP contribution in [0.4, 0.5) is 0 Å². The summed E-state index contributed by atoms with van der Waals surface area (Å²) in [5.41, 5.74) is -1.94. The van der Waals surface area contributed by atoms with Crippen LogP contribution in [-0.2, 0) is 4.79 Å². The molecule has 0 aromatic carbocycles. The van der Waals surface area contributed by atoms with Crippen LogP contribution in [-0.4, -0.2) is 50.1 Å². The fraction of sp³-hybridized carbons (Fsp3) is 0.952. The number of carbonyl (C=O) groups is 1. The summed E-state index contributed by atoms with van der Waals surface area (Å²) in [5.74, 6) is -0.0274. The highest BCUT2D eigenvalue weighted by molar-refractivity contribution is 5.86. The topological polar surface area (TPSA) is 98.0 Å². The fourth-order valence-electron chi connectivity index (χ4n) is 7.84. The van der Waals surface area contributed by atoms with Gasteiger partial charge >= 0.3 is 0 Å². The molecule has 0 saturated heterocycles. The van der Waals surface area contributed by atoms with Crippen LogP contribution >= 0.6 is 0 Å². The van der Waals surface area contributed by atoms with Gasteiger partial charge in [0.25, 0.3) is 0 Å². The van der Waals surface area contributed by atoms with Gasteiger partial charge in [-0.25, -0.2) is 0 Å². The molecule has 4 rings (SSSR count). The molecule has 0 aromatic rings. The number of rotatable bonds is 1. The normalized spacial score (nSPS) is 59.3. The molecule has 4 saturated carbocycles. The lowest BCUT2D eigenvalue weighted by molar-refractivity contribution is -0.230. The summed E-state index contributed by atoms with van der Waals surface area (Å²) in [6.45, 7) is 5.72. The van der Waals surface area contributed by atoms with Crippen LogP contribution in [0.2, 0.25) is 0 Å². The first kappa shape index (κ1) is 18.9. The molecule has 0 aromatic heterocycles. The predicted molar refractivity (Wildman–Crippen MR) is 96.1 cm³/mol. The Kier molecular flexibility index (Phi) is 4.17. The molecule has 10 atom stereocenters. The van der Waals surface area contributed by atoms with E-state index in [1.165, 1.54) is 6.92 Å². The molecule has 26 heavy (non-hydrogen) atoms. The lowest BCUT2D eigenvalue weighted by Crippen LogP contribution is -2.65. The van der Waals surface area contributed by atoms with Crippen molar-refractivity contribution in [3.8, 4) is 0 Å². The summed E-state index contributed by atoms with van der Waals surface area (Å²) in [6, 6.07) is 0. The van der Waals surface area contributed by atoms with Gasteiger partial charge in [0.15, 0.2) is 5.78 Å². The molecular weight excluding hydrogens is 332 g/mol. The molecule has 4 fully saturated rings. The quantitative estimate of drug-likeness (QED) is 0.566. The van der Waals surface area contributed by atoms with E-state index in [0.29, 0.717) is 12.8 Å². The molecule has 0 unspecified atom stereocenters. The van der Waals surface area contributed by atoms with E-state index >= 15 is 0 Å². The second-order valence-corrected chi connectivity index (χ2v) is 10.2. The number of aliphatic hydroxyl groups excluding tert-OH is 3. The van der Waals surface area contributed by atoms with E-state index in [9.17, 15) is 25.2 Å². The molecular formula is C21H34O5. The summed E-state index contributed by atoms with van der Waals surface area (Å²) in [4.78, 5) is 12.3. The summed E-state index contributed by atoms with van der Waals surface area (Å²) < 4.78 is 0. The maximum Gasteiger partial charge on any atom is 0.161 e. The van der Waals surface area contributed by atoms with Gasteiger partial charge in [-0.3, -0.25) is 4.79 Å². The smallest absolute Gasteiger partial charge is 0.161 e. The zero-order valence-corrected chi connectivity index (χ0v) is 16.2. The minimum Gasteiger partial charge on any atom is -0.393 e. The van der Waals surface area contributed by atoms with Crippen molar-refractivity contribution in [1.29, 1.82) is 0 Å². The third kappa shape index (κ3) is 2.15. The number of carbonyl (C=O) groups excluding carboxylic acids is 1. The van der Waals surface area contributed by atoms with E-state index in [1.807, 2.05) is 6.92 Å². The number of hydrogen-bond acceptors (Lipinski definition) is 5. The van der Waals surface area contributed by atoms with Crippen LogP contribution < -0.4 is 0 Å². The van der Waals surface area contributed by atoms with Gasteiger partial charge in [0.05, 0.1) is 18.3 Å². The predicted octanol–water partition coefficient (Wildman–Crippen LogP) is 1.65. The summed E-state index contributed by atoms with van der Waals surface area (Å²) >= 11 is 0. The highest BCUT2D eigenvalue weighted by Gasteiger charge is 2.69. The van der Waals surface area contributed by atoms with Crippen molar-refractivity contribution < 1.29 is 25.2 Å². The first-order valence-corrected chi connectivity index (χ1v) is 10.3. The molecule has 148 valence electrons. The van der Waals surface area contributed by atoms with Gasteiger partial charge < -0.3 is 20.4 Å². The van der Waals surface area contributed by atoms with Crippen LogP contribution in [0.1, 0.15) is 65.7 Å². The number of ketones is 1. The van der Waals surface area contributed by atoms with Crippen molar-refractivity contribution in [3.63, 3.8) is 0 Å². The average Bonchev–Trinajstić information content (AvgIpc) is 2.87. The molecule has 0 aliphatic heterocycles. The molecule has 4 aliphatic carbocycles. The van der Waals surface area contributed by atoms with Crippen LogP contribution in [0.15, 0.2) is 0 Å². The Balaban J connectivity index is 1.73. The molecule has 5 nitrogen and oxygen atoms in total. The first-order valence-electron chi connectivity index (χ1n) is 10.3. The van der Waals surface area contributed by atoms with Crippen molar-refractivity contribution in [2.75, 3.05) is 0 Å². The Bertz CT molecular complexity index is 607. The average molecular weight is 366 g/mol. The van der Waals surface area contributed by atoms with Crippen molar-refractivity contribution in [2.45, 2.75) is 89.6 Å². The SMILES string of the molecule is CC(=O)[C@@]1(O)CC[C@H]2[C@@H]3[C@H](O)[C@@H](O)[C@H]4C[C@H](O)CC[C@]4(C)[C@H]3CC[C@@]21C. The van der Waals surface area contributed by atoms with Gasteiger partial charge in [-0.1, -0.05) is 13.8 Å². The molecule has 0 spiro atoms. The van der Waals surface area contributed by atoms with Crippen molar-refractivity contribution in [2.24, 2.45) is 34.5 Å². The molecule has 5 heteroatoms. The van der Waals surface area contributed by atoms with Crippen molar-refractivity contribution >= 4 is 5.78 Å². The minimum absolute atomic E-state index is 0.0458. The van der Waals surface area contributed by atoms with Crippen LogP contribution in [0.25, 0.3) is 0 Å². The Morgan fingerprint density at radius 3 is 2.19 bits per heavy atom. The van der Waals surface area contributed by atoms with Crippen molar-refractivity contribution in [1.82, 2.24) is 0 Å². The second kappa shape index (κ2) is 5.76. The first-order chi connectivity index (χ1) is 12.1. The number of hydrogen-bond donors (Lipinski definition) is 4. The van der Waals surface area contributed by atoms with E-state index in [4.69, 9.17) is 0 Å². The standard InChI is InChI=1S/C21H34O5/c1-11(22)21(26)9-6-14-16-13(5-8-20(14,21)3)19(2)7-4-12(23)10-15(19)17(24)18(16)25/h12-18,23-26H,4-10H2,1-3H3/t12-,13+,14+,15-,16-,17+,18+,19-,20+,21+/m1/s1. The van der Waals surface area contributed by atoms with E-state index in [2.05, 4.69) is 6.92 Å². The minimum atomic E-state index is -1.31. The lowest BCUT2D eigenvalue weighted by Gasteiger charge is -2.63. The van der Waals surface area contributed by atoms with E-state index in [1.54, 1.807) is 0 Å². The van der Waals surface area contributed by atoms with Gasteiger partial charge in [0.2, 0.25) is 0 Å². The Hall–Kier alpha value is -0.490. The Labute approximate surface area is 155 Å². The number of fused-ring (bicyclic) bond motifs is 5. The zero-order chi connectivity index (χ0) is 19.1. The number of aliphatic hydroxyl groups is 4. The third-order valence-corrected chi connectivity index (χ3v) is 9.46. The summed E-state index contributed by atoms with van der Waals surface area (Å²) in [5, 5.41) is 43.3. The Morgan fingerprint density at radius 2 is 1.54 bits per heavy atom. The van der Waals surface area contributed by atoms with Crippen molar-refractivity contribution in [3.05, 3.63) is 0 Å². The molecule has 0 amide bonds. The van der Waals surface area contributed by atoms with Crippen LogP contribution in [0.5, 0.6) is 0 Å². The van der Waals surface area contributed by atoms with Gasteiger partial charge in [0, 0.05) is 5.41 Å². The van der Waals surface area contributed by atoms with Crippen LogP contribution in [0.3, 0.4) is 0 Å². The van der Waals surface area contributed by atoms with E-state index in [0.717, 1.165) is 32.1 Å². The zero-order valence-electron chi connectivity index (χ0n) is 16.2. The van der Waals surface area contributed by atoms with E-state index < -0.39 is 29.3 Å². The van der Waals surface area contributed by atoms with Crippen LogP contribution in [0, 0.1) is 34.5 Å². The molecule has 4 aliphatic rings. The Morgan fingerprint density at radius 1 is 0.885 bits per heavy atom. The monoisotopic (exact) mass is 366 g/mol. The third-order valence-electron chi connectivity index (χ3n) is 9.46. The highest BCUT2D eigenvalue weighted by atomic mass is 16.3. The van der Waals surface area contributed by atoms with E-state index in [-0.39, 0.29) is 34.9 Å². The largest absolute Gasteiger partial charge is 0.393 e. The molecule has 0 radical (unpaired) electrons. The highest BCUT2D eigenvalue weighted by Crippen LogP contribution is 2.68. The number of Topliss-reactive ketones (excluding diaryl/α,β-unsaturated/α-hetero) is 1. The lowest BCUT2D eigenvalue weighted by atomic mass is 9.43. The maximum absolute atomic E-state index is 12.3. The van der Waals surface area contributed by atoms with Gasteiger partial charge in [-0.2, -0.15) is 0 Å².